The molecular weight excluding hydrogens is 301 g/mol. The fourth-order valence-corrected chi connectivity index (χ4v) is 2.88. The number of ketones is 1. The van der Waals surface area contributed by atoms with Crippen molar-refractivity contribution in [3.05, 3.63) is 0 Å². The number of hydrogen-bond acceptors (Lipinski definition) is 4. The molecule has 0 aromatic carbocycles. The molecule has 0 saturated carbocycles. The van der Waals surface area contributed by atoms with E-state index in [9.17, 15) is 13.2 Å². The van der Waals surface area contributed by atoms with Gasteiger partial charge in [-0.2, -0.15) is 8.42 Å². The van der Waals surface area contributed by atoms with Crippen molar-refractivity contribution in [1.82, 2.24) is 0 Å². The van der Waals surface area contributed by atoms with E-state index in [1.807, 2.05) is 0 Å². The van der Waals surface area contributed by atoms with Gasteiger partial charge in [-0.15, -0.1) is 0 Å². The summed E-state index contributed by atoms with van der Waals surface area (Å²) in [6.07, 6.45) is 10.3. The van der Waals surface area contributed by atoms with Crippen LogP contribution in [0.15, 0.2) is 0 Å². The predicted octanol–water partition coefficient (Wildman–Crippen LogP) is -0.192. The minimum atomic E-state index is -4.35. The zero-order chi connectivity index (χ0) is 15.4. The smallest absolute Gasteiger partial charge is 1.00 e. The van der Waals surface area contributed by atoms with Crippen molar-refractivity contribution >= 4 is 15.9 Å². The molecule has 0 aromatic rings. The van der Waals surface area contributed by atoms with Crippen LogP contribution in [0.5, 0.6) is 0 Å². The van der Waals surface area contributed by atoms with Crippen LogP contribution in [-0.4, -0.2) is 30.5 Å². The first-order chi connectivity index (χ1) is 9.43. The standard InChI is InChI=1S/C14H29NO4S.Na.H/c1-2-3-4-5-6-7-8-9-10-11-13(16)14(12-15)20(17,18)19;;/h14H,2-12,15H2,1H3,(H,17,18,19);;/q;+1;-1. The quantitative estimate of drug-likeness (QED) is 0.277. The number of Topliss-reactive ketones (excluding diaryl/α,β-unsaturated/α-hetero) is 1. The van der Waals surface area contributed by atoms with E-state index in [4.69, 9.17) is 10.3 Å². The Morgan fingerprint density at radius 3 is 1.86 bits per heavy atom. The second kappa shape index (κ2) is 14.2. The summed E-state index contributed by atoms with van der Waals surface area (Å²) in [5.41, 5.74) is 5.21. The number of rotatable bonds is 13. The topological polar surface area (TPSA) is 97.5 Å². The van der Waals surface area contributed by atoms with E-state index < -0.39 is 21.2 Å². The van der Waals surface area contributed by atoms with E-state index in [1.165, 1.54) is 32.1 Å². The second-order valence-corrected chi connectivity index (χ2v) is 6.88. The molecule has 0 amide bonds. The fourth-order valence-electron chi connectivity index (χ4n) is 2.19. The fraction of sp³-hybridized carbons (Fsp3) is 0.929. The molecule has 1 atom stereocenters. The predicted molar refractivity (Wildman–Crippen MR) is 82.4 cm³/mol. The van der Waals surface area contributed by atoms with Gasteiger partial charge in [0.15, 0.2) is 11.0 Å². The monoisotopic (exact) mass is 331 g/mol. The maximum Gasteiger partial charge on any atom is 1.00 e. The van der Waals surface area contributed by atoms with Gasteiger partial charge >= 0.3 is 29.6 Å². The molecule has 0 bridgehead atoms. The Kier molecular flexibility index (Phi) is 16.0. The van der Waals surface area contributed by atoms with E-state index in [-0.39, 0.29) is 43.9 Å². The van der Waals surface area contributed by atoms with Crippen molar-refractivity contribution in [2.75, 3.05) is 6.54 Å². The summed E-state index contributed by atoms with van der Waals surface area (Å²) in [5.74, 6) is -0.474. The van der Waals surface area contributed by atoms with Gasteiger partial charge in [-0.25, -0.2) is 0 Å². The van der Waals surface area contributed by atoms with Crippen molar-refractivity contribution in [3.63, 3.8) is 0 Å². The first kappa shape index (κ1) is 23.8. The number of unbranched alkanes of at least 4 members (excludes halogenated alkanes) is 8. The van der Waals surface area contributed by atoms with Crippen LogP contribution in [-0.2, 0) is 14.9 Å². The van der Waals surface area contributed by atoms with Gasteiger partial charge in [0.1, 0.15) is 0 Å². The average Bonchev–Trinajstić information content (AvgIpc) is 2.36. The van der Waals surface area contributed by atoms with Crippen LogP contribution in [0.1, 0.15) is 72.6 Å². The Balaban J connectivity index is -0.00000180. The van der Waals surface area contributed by atoms with E-state index in [2.05, 4.69) is 6.92 Å². The normalized spacial score (nSPS) is 12.7. The molecule has 0 fully saturated rings. The molecule has 0 aromatic heterocycles. The molecule has 122 valence electrons. The first-order valence-corrected chi connectivity index (χ1v) is 9.12. The van der Waals surface area contributed by atoms with Gasteiger partial charge in [-0.1, -0.05) is 58.3 Å². The molecule has 0 rings (SSSR count). The van der Waals surface area contributed by atoms with Crippen LogP contribution in [0.25, 0.3) is 0 Å². The van der Waals surface area contributed by atoms with Crippen LogP contribution in [0, 0.1) is 0 Å². The SMILES string of the molecule is CCCCCCCCCCCC(=O)C(CN)S(=O)(=O)O.[H-].[Na+]. The summed E-state index contributed by atoms with van der Waals surface area (Å²) < 4.78 is 30.7. The van der Waals surface area contributed by atoms with Gasteiger partial charge in [0.05, 0.1) is 0 Å². The van der Waals surface area contributed by atoms with Crippen molar-refractivity contribution in [3.8, 4) is 0 Å². The summed E-state index contributed by atoms with van der Waals surface area (Å²) in [5, 5.41) is -1.45. The van der Waals surface area contributed by atoms with Gasteiger partial charge < -0.3 is 7.16 Å². The van der Waals surface area contributed by atoms with Crippen molar-refractivity contribution in [2.45, 2.75) is 76.4 Å². The molecule has 1 unspecified atom stereocenters. The average molecular weight is 331 g/mol. The first-order valence-electron chi connectivity index (χ1n) is 7.62. The molecule has 0 heterocycles. The largest absolute Gasteiger partial charge is 1.00 e. The van der Waals surface area contributed by atoms with Gasteiger partial charge in [0.25, 0.3) is 10.1 Å². The molecule has 0 radical (unpaired) electrons. The minimum Gasteiger partial charge on any atom is -1.00 e. The molecule has 0 aliphatic rings. The Hall–Kier alpha value is 0.540. The van der Waals surface area contributed by atoms with E-state index in [0.29, 0.717) is 6.42 Å². The Morgan fingerprint density at radius 2 is 1.48 bits per heavy atom. The summed E-state index contributed by atoms with van der Waals surface area (Å²) in [4.78, 5) is 11.6. The van der Waals surface area contributed by atoms with Crippen LogP contribution >= 0.6 is 0 Å². The number of hydrogen-bond donors (Lipinski definition) is 2. The van der Waals surface area contributed by atoms with Crippen molar-refractivity contribution < 1.29 is 48.7 Å². The van der Waals surface area contributed by atoms with Crippen molar-refractivity contribution in [2.24, 2.45) is 5.73 Å². The third-order valence-corrected chi connectivity index (χ3v) is 4.63. The van der Waals surface area contributed by atoms with E-state index >= 15 is 0 Å². The van der Waals surface area contributed by atoms with Gasteiger partial charge in [-0.05, 0) is 6.42 Å². The third kappa shape index (κ3) is 12.7. The number of carbonyl (C=O) groups is 1. The molecule has 21 heavy (non-hydrogen) atoms. The minimum absolute atomic E-state index is 0. The zero-order valence-corrected chi connectivity index (χ0v) is 16.3. The van der Waals surface area contributed by atoms with E-state index in [1.54, 1.807) is 0 Å². The summed E-state index contributed by atoms with van der Waals surface area (Å²) >= 11 is 0. The molecule has 3 N–H and O–H groups in total. The maximum absolute atomic E-state index is 11.6. The zero-order valence-electron chi connectivity index (χ0n) is 14.5. The maximum atomic E-state index is 11.6. The summed E-state index contributed by atoms with van der Waals surface area (Å²) in [7, 11) is -4.35. The molecule has 0 spiro atoms. The molecule has 0 aliphatic carbocycles. The molecule has 7 heteroatoms. The summed E-state index contributed by atoms with van der Waals surface area (Å²) in [6, 6.07) is 0. The molecular formula is C14H30NNaO4S. The Labute approximate surface area is 153 Å². The molecule has 0 saturated heterocycles. The molecule has 5 nitrogen and oxygen atoms in total. The third-order valence-electron chi connectivity index (χ3n) is 3.46. The van der Waals surface area contributed by atoms with Crippen LogP contribution in [0.3, 0.4) is 0 Å². The van der Waals surface area contributed by atoms with Crippen molar-refractivity contribution in [1.29, 1.82) is 0 Å². The second-order valence-electron chi connectivity index (χ2n) is 5.28. The molecule has 0 aliphatic heterocycles. The van der Waals surface area contributed by atoms with E-state index in [0.717, 1.165) is 19.3 Å². The number of carbonyl (C=O) groups excluding carboxylic acids is 1. The Morgan fingerprint density at radius 1 is 1.05 bits per heavy atom. The van der Waals surface area contributed by atoms with Gasteiger partial charge in [0, 0.05) is 13.0 Å². The Bertz CT molecular complexity index is 366. The summed E-state index contributed by atoms with van der Waals surface area (Å²) in [6.45, 7) is 1.84. The van der Waals surface area contributed by atoms with Crippen LogP contribution < -0.4 is 35.3 Å². The number of nitrogens with two attached hydrogens (primary N) is 1. The van der Waals surface area contributed by atoms with Gasteiger partial charge in [-0.3, -0.25) is 9.35 Å². The van der Waals surface area contributed by atoms with Crippen LogP contribution in [0.4, 0.5) is 0 Å². The van der Waals surface area contributed by atoms with Gasteiger partial charge in [0.2, 0.25) is 0 Å². The van der Waals surface area contributed by atoms with Crippen LogP contribution in [0.2, 0.25) is 0 Å².